The normalized spacial score (nSPS) is 10.9. The summed E-state index contributed by atoms with van der Waals surface area (Å²) < 4.78 is 12.9. The highest BCUT2D eigenvalue weighted by Crippen LogP contribution is 2.44. The molecular weight excluding hydrogens is 470 g/mol. The van der Waals surface area contributed by atoms with Crippen molar-refractivity contribution in [1.29, 1.82) is 0 Å². The standard InChI is InChI=1S/C29H25N3O5/c1-36-22-13-9-20(10-14-22)28-24-17-23(37-2)15-16-26(24)31(21-11-7-19(18-33)8-12-21)29(28)30-25-5-3-4-6-27(25)32(34)35/h3-17,30,33H,18H2,1-2H3. The molecule has 0 aliphatic heterocycles. The maximum atomic E-state index is 11.8. The number of nitro groups is 1. The number of benzene rings is 4. The molecule has 0 saturated heterocycles. The number of methoxy groups -OCH3 is 2. The highest BCUT2D eigenvalue weighted by molar-refractivity contribution is 6.06. The third kappa shape index (κ3) is 4.46. The predicted octanol–water partition coefficient (Wildman–Crippen LogP) is 6.46. The van der Waals surface area contributed by atoms with Crippen molar-refractivity contribution in [3.8, 4) is 28.3 Å². The van der Waals surface area contributed by atoms with Crippen LogP contribution in [0.5, 0.6) is 11.5 Å². The molecule has 0 fully saturated rings. The van der Waals surface area contributed by atoms with Crippen molar-refractivity contribution in [2.24, 2.45) is 0 Å². The maximum absolute atomic E-state index is 11.8. The van der Waals surface area contributed by atoms with E-state index in [-0.39, 0.29) is 12.3 Å². The maximum Gasteiger partial charge on any atom is 0.292 e. The molecule has 186 valence electrons. The Morgan fingerprint density at radius 2 is 1.57 bits per heavy atom. The summed E-state index contributed by atoms with van der Waals surface area (Å²) in [5.41, 5.74) is 4.56. The number of nitro benzene ring substituents is 1. The molecule has 0 atom stereocenters. The van der Waals surface area contributed by atoms with Gasteiger partial charge in [-0.15, -0.1) is 0 Å². The van der Waals surface area contributed by atoms with E-state index in [1.807, 2.05) is 71.3 Å². The first-order valence-electron chi connectivity index (χ1n) is 11.6. The highest BCUT2D eigenvalue weighted by atomic mass is 16.6. The molecule has 1 heterocycles. The summed E-state index contributed by atoms with van der Waals surface area (Å²) in [6.07, 6.45) is 0. The summed E-state index contributed by atoms with van der Waals surface area (Å²) in [5, 5.41) is 25.6. The first-order valence-corrected chi connectivity index (χ1v) is 11.6. The van der Waals surface area contributed by atoms with Crippen molar-refractivity contribution < 1.29 is 19.5 Å². The Morgan fingerprint density at radius 1 is 0.892 bits per heavy atom. The molecule has 0 bridgehead atoms. The molecule has 0 spiro atoms. The van der Waals surface area contributed by atoms with Gasteiger partial charge in [-0.1, -0.05) is 36.4 Å². The molecule has 5 aromatic rings. The lowest BCUT2D eigenvalue weighted by Gasteiger charge is -2.15. The van der Waals surface area contributed by atoms with Crippen LogP contribution in [0, 0.1) is 10.1 Å². The smallest absolute Gasteiger partial charge is 0.292 e. The SMILES string of the molecule is COc1ccc(-c2c(Nc3ccccc3[N+](=O)[O-])n(-c3ccc(CO)cc3)c3ccc(OC)cc23)cc1. The summed E-state index contributed by atoms with van der Waals surface area (Å²) in [6, 6.07) is 27.6. The van der Waals surface area contributed by atoms with Gasteiger partial charge >= 0.3 is 0 Å². The van der Waals surface area contributed by atoms with Crippen LogP contribution >= 0.6 is 0 Å². The third-order valence-electron chi connectivity index (χ3n) is 6.28. The Balaban J connectivity index is 1.85. The van der Waals surface area contributed by atoms with Gasteiger partial charge in [0.2, 0.25) is 0 Å². The molecule has 0 aliphatic carbocycles. The molecule has 2 N–H and O–H groups in total. The number of para-hydroxylation sites is 2. The number of hydrogen-bond donors (Lipinski definition) is 2. The van der Waals surface area contributed by atoms with E-state index in [4.69, 9.17) is 9.47 Å². The van der Waals surface area contributed by atoms with Gasteiger partial charge in [0.15, 0.2) is 0 Å². The van der Waals surface area contributed by atoms with Crippen LogP contribution in [0.2, 0.25) is 0 Å². The zero-order chi connectivity index (χ0) is 25.9. The lowest BCUT2D eigenvalue weighted by atomic mass is 10.0. The van der Waals surface area contributed by atoms with Crippen LogP contribution in [0.1, 0.15) is 5.56 Å². The number of aliphatic hydroxyl groups excluding tert-OH is 1. The minimum Gasteiger partial charge on any atom is -0.497 e. The van der Waals surface area contributed by atoms with Crippen molar-refractivity contribution in [2.45, 2.75) is 6.61 Å². The molecular formula is C29H25N3O5. The zero-order valence-corrected chi connectivity index (χ0v) is 20.3. The van der Waals surface area contributed by atoms with E-state index in [9.17, 15) is 15.2 Å². The molecule has 0 aliphatic rings. The first-order chi connectivity index (χ1) is 18.0. The average molecular weight is 496 g/mol. The van der Waals surface area contributed by atoms with E-state index in [2.05, 4.69) is 5.32 Å². The molecule has 0 amide bonds. The van der Waals surface area contributed by atoms with Crippen molar-refractivity contribution in [3.05, 3.63) is 107 Å². The molecule has 8 nitrogen and oxygen atoms in total. The second kappa shape index (κ2) is 10.0. The molecule has 37 heavy (non-hydrogen) atoms. The zero-order valence-electron chi connectivity index (χ0n) is 20.3. The lowest BCUT2D eigenvalue weighted by molar-refractivity contribution is -0.383. The first kappa shape index (κ1) is 23.9. The summed E-state index contributed by atoms with van der Waals surface area (Å²) in [7, 11) is 3.23. The van der Waals surface area contributed by atoms with E-state index in [1.54, 1.807) is 32.4 Å². The Hall–Kier alpha value is -4.82. The number of aliphatic hydroxyl groups is 1. The van der Waals surface area contributed by atoms with E-state index in [1.165, 1.54) is 6.07 Å². The van der Waals surface area contributed by atoms with Gasteiger partial charge in [-0.25, -0.2) is 0 Å². The van der Waals surface area contributed by atoms with E-state index in [0.717, 1.165) is 39.0 Å². The Morgan fingerprint density at radius 3 is 2.22 bits per heavy atom. The summed E-state index contributed by atoms with van der Waals surface area (Å²) in [5.74, 6) is 2.06. The van der Waals surface area contributed by atoms with Crippen molar-refractivity contribution in [3.63, 3.8) is 0 Å². The van der Waals surface area contributed by atoms with Crippen molar-refractivity contribution in [2.75, 3.05) is 19.5 Å². The monoisotopic (exact) mass is 495 g/mol. The summed E-state index contributed by atoms with van der Waals surface area (Å²) in [6.45, 7) is -0.0671. The van der Waals surface area contributed by atoms with Crippen LogP contribution in [0.4, 0.5) is 17.2 Å². The van der Waals surface area contributed by atoms with Crippen LogP contribution < -0.4 is 14.8 Å². The Kier molecular flexibility index (Phi) is 6.49. The van der Waals surface area contributed by atoms with Crippen LogP contribution in [0.3, 0.4) is 0 Å². The van der Waals surface area contributed by atoms with Gasteiger partial charge in [-0.3, -0.25) is 14.7 Å². The number of fused-ring (bicyclic) bond motifs is 1. The summed E-state index contributed by atoms with van der Waals surface area (Å²) >= 11 is 0. The quantitative estimate of drug-likeness (QED) is 0.189. The molecule has 1 aromatic heterocycles. The molecule has 5 rings (SSSR count). The molecule has 0 radical (unpaired) electrons. The molecule has 8 heteroatoms. The number of ether oxygens (including phenoxy) is 2. The van der Waals surface area contributed by atoms with Gasteiger partial charge in [0, 0.05) is 22.7 Å². The van der Waals surface area contributed by atoms with Crippen molar-refractivity contribution in [1.82, 2.24) is 4.57 Å². The van der Waals surface area contributed by atoms with Crippen LogP contribution in [0.15, 0.2) is 91.0 Å². The lowest BCUT2D eigenvalue weighted by Crippen LogP contribution is -2.04. The van der Waals surface area contributed by atoms with Gasteiger partial charge in [0.25, 0.3) is 5.69 Å². The number of hydrogen-bond acceptors (Lipinski definition) is 6. The van der Waals surface area contributed by atoms with Gasteiger partial charge in [-0.2, -0.15) is 0 Å². The molecule has 0 unspecified atom stereocenters. The second-order valence-corrected chi connectivity index (χ2v) is 8.39. The molecule has 0 saturated carbocycles. The Bertz CT molecular complexity index is 1570. The number of rotatable bonds is 8. The number of anilines is 2. The number of nitrogens with zero attached hydrogens (tertiary/aromatic N) is 2. The van der Waals surface area contributed by atoms with E-state index >= 15 is 0 Å². The fraction of sp³-hybridized carbons (Fsp3) is 0.103. The van der Waals surface area contributed by atoms with Crippen molar-refractivity contribution >= 4 is 28.1 Å². The average Bonchev–Trinajstić information content (AvgIpc) is 3.25. The number of nitrogens with one attached hydrogen (secondary N) is 1. The van der Waals surface area contributed by atoms with Crippen LogP contribution in [0.25, 0.3) is 27.7 Å². The Labute approximate surface area is 213 Å². The largest absolute Gasteiger partial charge is 0.497 e. The predicted molar refractivity (Wildman–Crippen MR) is 144 cm³/mol. The van der Waals surface area contributed by atoms with Gasteiger partial charge in [0.05, 0.1) is 31.3 Å². The van der Waals surface area contributed by atoms with Gasteiger partial charge in [0.1, 0.15) is 23.0 Å². The minimum atomic E-state index is -0.401. The fourth-order valence-electron chi connectivity index (χ4n) is 4.45. The summed E-state index contributed by atoms with van der Waals surface area (Å²) in [4.78, 5) is 11.4. The van der Waals surface area contributed by atoms with Gasteiger partial charge < -0.3 is 19.9 Å². The van der Waals surface area contributed by atoms with Crippen LogP contribution in [-0.4, -0.2) is 28.8 Å². The topological polar surface area (TPSA) is 98.8 Å². The minimum absolute atomic E-state index is 0.0341. The fourth-order valence-corrected chi connectivity index (χ4v) is 4.45. The number of aromatic nitrogens is 1. The van der Waals surface area contributed by atoms with E-state index in [0.29, 0.717) is 17.3 Å². The third-order valence-corrected chi connectivity index (χ3v) is 6.28. The van der Waals surface area contributed by atoms with E-state index < -0.39 is 4.92 Å². The molecule has 4 aromatic carbocycles. The highest BCUT2D eigenvalue weighted by Gasteiger charge is 2.23. The van der Waals surface area contributed by atoms with Gasteiger partial charge in [-0.05, 0) is 59.7 Å². The second-order valence-electron chi connectivity index (χ2n) is 8.39. The van der Waals surface area contributed by atoms with Crippen LogP contribution in [-0.2, 0) is 6.61 Å².